The highest BCUT2D eigenvalue weighted by molar-refractivity contribution is 7.99. The van der Waals surface area contributed by atoms with Gasteiger partial charge in [0.1, 0.15) is 0 Å². The number of amides is 1. The van der Waals surface area contributed by atoms with Gasteiger partial charge in [-0.25, -0.2) is 14.6 Å². The van der Waals surface area contributed by atoms with Crippen LogP contribution in [0.2, 0.25) is 0 Å². The normalized spacial score (nSPS) is 15.0. The van der Waals surface area contributed by atoms with E-state index in [1.54, 1.807) is 11.7 Å². The van der Waals surface area contributed by atoms with Crippen LogP contribution < -0.4 is 10.2 Å². The largest absolute Gasteiger partial charge is 0.355 e. The van der Waals surface area contributed by atoms with Gasteiger partial charge < -0.3 is 10.2 Å². The van der Waals surface area contributed by atoms with Gasteiger partial charge in [0, 0.05) is 43.7 Å². The summed E-state index contributed by atoms with van der Waals surface area (Å²) in [4.78, 5) is 24.4. The second kappa shape index (κ2) is 9.81. The van der Waals surface area contributed by atoms with Crippen LogP contribution in [0.1, 0.15) is 43.9 Å². The second-order valence-electron chi connectivity index (χ2n) is 8.53. The van der Waals surface area contributed by atoms with Gasteiger partial charge in [-0.3, -0.25) is 4.79 Å². The Kier molecular flexibility index (Phi) is 6.88. The number of nitrogens with one attached hydrogen (secondary N) is 1. The fraction of sp³-hybridized carbons (Fsp3) is 0.545. The predicted molar refractivity (Wildman–Crippen MR) is 126 cm³/mol. The summed E-state index contributed by atoms with van der Waals surface area (Å²) in [5, 5.41) is 16.3. The van der Waals surface area contributed by atoms with E-state index in [-0.39, 0.29) is 11.8 Å². The molecule has 3 heterocycles. The molecule has 0 saturated carbocycles. The van der Waals surface area contributed by atoms with Crippen molar-refractivity contribution in [2.75, 3.05) is 30.3 Å². The molecular weight excluding hydrogens is 424 g/mol. The molecule has 0 spiro atoms. The number of aryl methyl sites for hydroxylation is 2. The zero-order chi connectivity index (χ0) is 22.7. The Labute approximate surface area is 192 Å². The van der Waals surface area contributed by atoms with E-state index < -0.39 is 0 Å². The number of thioether (sulfide) groups is 1. The van der Waals surface area contributed by atoms with Gasteiger partial charge in [0.25, 0.3) is 0 Å². The van der Waals surface area contributed by atoms with Crippen LogP contribution in [-0.2, 0) is 11.8 Å². The monoisotopic (exact) mass is 454 g/mol. The van der Waals surface area contributed by atoms with Gasteiger partial charge in [0.2, 0.25) is 17.0 Å². The average molecular weight is 455 g/mol. The number of aromatic nitrogens is 6. The molecule has 170 valence electrons. The van der Waals surface area contributed by atoms with Crippen molar-refractivity contribution in [3.63, 3.8) is 0 Å². The molecular formula is C22H30N8OS. The molecule has 1 saturated heterocycles. The van der Waals surface area contributed by atoms with E-state index in [1.165, 1.54) is 17.3 Å². The molecule has 3 aromatic rings. The maximum atomic E-state index is 12.6. The van der Waals surface area contributed by atoms with Gasteiger partial charge in [0.15, 0.2) is 0 Å². The molecule has 9 nitrogen and oxygen atoms in total. The Hall–Kier alpha value is -2.75. The maximum Gasteiger partial charge on any atom is 0.226 e. The molecule has 0 radical (unpaired) electrons. The number of piperidine rings is 1. The molecule has 1 aliphatic rings. The lowest BCUT2D eigenvalue weighted by Crippen LogP contribution is -2.41. The van der Waals surface area contributed by atoms with Crippen LogP contribution in [0, 0.1) is 12.8 Å². The van der Waals surface area contributed by atoms with Crippen LogP contribution >= 0.6 is 11.8 Å². The molecule has 1 N–H and O–H groups in total. The highest BCUT2D eigenvalue weighted by Crippen LogP contribution is 2.26. The number of nitrogens with zero attached hydrogens (tertiary/aromatic N) is 7. The molecule has 1 aromatic carbocycles. The zero-order valence-corrected chi connectivity index (χ0v) is 19.9. The Morgan fingerprint density at radius 2 is 2.03 bits per heavy atom. The lowest BCUT2D eigenvalue weighted by molar-refractivity contribution is -0.125. The maximum absolute atomic E-state index is 12.6. The van der Waals surface area contributed by atoms with Crippen molar-refractivity contribution in [1.82, 2.24) is 35.5 Å². The lowest BCUT2D eigenvalue weighted by atomic mass is 9.96. The SMILES string of the molecule is Cc1nc(N2CCC(C(=O)NCCSc3nnnn3C)CC2)nc2ccc(C(C)C)cc12. The smallest absolute Gasteiger partial charge is 0.226 e. The fourth-order valence-corrected chi connectivity index (χ4v) is 4.63. The molecule has 0 aliphatic carbocycles. The number of rotatable bonds is 7. The van der Waals surface area contributed by atoms with Crippen molar-refractivity contribution in [3.8, 4) is 0 Å². The Morgan fingerprint density at radius 1 is 1.25 bits per heavy atom. The summed E-state index contributed by atoms with van der Waals surface area (Å²) in [5.74, 6) is 2.13. The first-order valence-electron chi connectivity index (χ1n) is 11.1. The first-order chi connectivity index (χ1) is 15.4. The number of carbonyl (C=O) groups excluding carboxylic acids is 1. The van der Waals surface area contributed by atoms with Crippen molar-refractivity contribution >= 4 is 34.5 Å². The van der Waals surface area contributed by atoms with Gasteiger partial charge in [-0.1, -0.05) is 31.7 Å². The molecule has 1 amide bonds. The number of hydrogen-bond donors (Lipinski definition) is 1. The summed E-state index contributed by atoms with van der Waals surface area (Å²) >= 11 is 1.53. The number of fused-ring (bicyclic) bond motifs is 1. The van der Waals surface area contributed by atoms with Gasteiger partial charge >= 0.3 is 0 Å². The van der Waals surface area contributed by atoms with E-state index in [9.17, 15) is 4.79 Å². The van der Waals surface area contributed by atoms with Crippen molar-refractivity contribution in [1.29, 1.82) is 0 Å². The third kappa shape index (κ3) is 5.01. The van der Waals surface area contributed by atoms with Crippen molar-refractivity contribution in [3.05, 3.63) is 29.5 Å². The van der Waals surface area contributed by atoms with E-state index in [0.29, 0.717) is 12.5 Å². The number of benzene rings is 1. The summed E-state index contributed by atoms with van der Waals surface area (Å²) in [6, 6.07) is 6.45. The summed E-state index contributed by atoms with van der Waals surface area (Å²) in [7, 11) is 1.80. The molecule has 0 bridgehead atoms. The van der Waals surface area contributed by atoms with Crippen LogP contribution in [0.25, 0.3) is 10.9 Å². The van der Waals surface area contributed by atoms with Gasteiger partial charge in [-0.15, -0.1) is 5.10 Å². The molecule has 2 aromatic heterocycles. The first kappa shape index (κ1) is 22.4. The minimum absolute atomic E-state index is 0.0305. The van der Waals surface area contributed by atoms with E-state index in [1.807, 2.05) is 6.92 Å². The Balaban J connectivity index is 1.30. The van der Waals surface area contributed by atoms with Crippen LogP contribution in [-0.4, -0.2) is 61.5 Å². The average Bonchev–Trinajstić information content (AvgIpc) is 3.21. The molecule has 1 fully saturated rings. The predicted octanol–water partition coefficient (Wildman–Crippen LogP) is 2.71. The first-order valence-corrected chi connectivity index (χ1v) is 12.1. The minimum Gasteiger partial charge on any atom is -0.355 e. The van der Waals surface area contributed by atoms with Gasteiger partial charge in [0.05, 0.1) is 11.2 Å². The van der Waals surface area contributed by atoms with Crippen LogP contribution in [0.5, 0.6) is 0 Å². The summed E-state index contributed by atoms with van der Waals surface area (Å²) in [5.41, 5.74) is 3.28. The van der Waals surface area contributed by atoms with E-state index in [4.69, 9.17) is 9.97 Å². The zero-order valence-electron chi connectivity index (χ0n) is 19.1. The van der Waals surface area contributed by atoms with Crippen molar-refractivity contribution in [2.24, 2.45) is 13.0 Å². The van der Waals surface area contributed by atoms with Crippen LogP contribution in [0.3, 0.4) is 0 Å². The number of carbonyl (C=O) groups is 1. The quantitative estimate of drug-likeness (QED) is 0.429. The molecule has 0 atom stereocenters. The van der Waals surface area contributed by atoms with E-state index >= 15 is 0 Å². The standard InChI is InChI=1S/C22H30N8OS/c1-14(2)17-5-6-19-18(13-17)15(3)24-21(25-19)30-10-7-16(8-11-30)20(31)23-9-12-32-22-26-27-28-29(22)4/h5-6,13-14,16H,7-12H2,1-4H3,(H,23,31). The topological polar surface area (TPSA) is 102 Å². The highest BCUT2D eigenvalue weighted by Gasteiger charge is 2.26. The third-order valence-corrected chi connectivity index (χ3v) is 6.94. The van der Waals surface area contributed by atoms with Crippen molar-refractivity contribution in [2.45, 2.75) is 44.7 Å². The summed E-state index contributed by atoms with van der Waals surface area (Å²) < 4.78 is 1.63. The van der Waals surface area contributed by atoms with Gasteiger partial charge in [-0.2, -0.15) is 0 Å². The second-order valence-corrected chi connectivity index (χ2v) is 9.59. The van der Waals surface area contributed by atoms with E-state index in [0.717, 1.165) is 59.4 Å². The van der Waals surface area contributed by atoms with E-state index in [2.05, 4.69) is 57.8 Å². The van der Waals surface area contributed by atoms with Crippen LogP contribution in [0.15, 0.2) is 23.4 Å². The molecule has 10 heteroatoms. The lowest BCUT2D eigenvalue weighted by Gasteiger charge is -2.31. The number of hydrogen-bond acceptors (Lipinski definition) is 8. The third-order valence-electron chi connectivity index (χ3n) is 5.93. The minimum atomic E-state index is 0.0305. The summed E-state index contributed by atoms with van der Waals surface area (Å²) in [6.07, 6.45) is 1.61. The van der Waals surface area contributed by atoms with Crippen LogP contribution in [0.4, 0.5) is 5.95 Å². The summed E-state index contributed by atoms with van der Waals surface area (Å²) in [6.45, 7) is 8.61. The Morgan fingerprint density at radius 3 is 2.72 bits per heavy atom. The number of anilines is 1. The molecule has 1 aliphatic heterocycles. The van der Waals surface area contributed by atoms with Crippen molar-refractivity contribution < 1.29 is 4.79 Å². The molecule has 32 heavy (non-hydrogen) atoms. The molecule has 4 rings (SSSR count). The fourth-order valence-electron chi connectivity index (χ4n) is 3.93. The highest BCUT2D eigenvalue weighted by atomic mass is 32.2. The Bertz CT molecular complexity index is 1090. The molecule has 0 unspecified atom stereocenters. The van der Waals surface area contributed by atoms with Gasteiger partial charge in [-0.05, 0) is 53.8 Å². The number of tetrazole rings is 1.